The number of nitrogens with one attached hydrogen (secondary N) is 1. The second-order valence-corrected chi connectivity index (χ2v) is 3.95. The van der Waals surface area contributed by atoms with Crippen molar-refractivity contribution in [1.29, 1.82) is 0 Å². The molecule has 0 saturated heterocycles. The third-order valence-electron chi connectivity index (χ3n) is 2.85. The molecule has 2 rings (SSSR count). The quantitative estimate of drug-likeness (QED) is 0.790. The topological polar surface area (TPSA) is 36.0 Å². The molecule has 0 aliphatic rings. The minimum Gasteiger partial charge on any atom is -0.396 e. The van der Waals surface area contributed by atoms with Gasteiger partial charge in [0.15, 0.2) is 0 Å². The van der Waals surface area contributed by atoms with E-state index in [0.29, 0.717) is 5.92 Å². The van der Waals surface area contributed by atoms with Crippen LogP contribution in [0.3, 0.4) is 0 Å². The first-order valence-corrected chi connectivity index (χ1v) is 5.71. The molecule has 0 aliphatic heterocycles. The SMILES string of the molecule is OCCCC(c1ccccc1)c1ccc[nH]1. The van der Waals surface area contributed by atoms with Gasteiger partial charge in [-0.3, -0.25) is 0 Å². The summed E-state index contributed by atoms with van der Waals surface area (Å²) in [6.45, 7) is 0.254. The fraction of sp³-hybridized carbons (Fsp3) is 0.286. The summed E-state index contributed by atoms with van der Waals surface area (Å²) < 4.78 is 0. The van der Waals surface area contributed by atoms with Gasteiger partial charge in [-0.25, -0.2) is 0 Å². The second kappa shape index (κ2) is 5.52. The Balaban J connectivity index is 2.21. The minimum absolute atomic E-state index is 0.254. The Morgan fingerprint density at radius 2 is 1.88 bits per heavy atom. The van der Waals surface area contributed by atoms with Crippen LogP contribution in [0, 0.1) is 0 Å². The van der Waals surface area contributed by atoms with Gasteiger partial charge in [-0.1, -0.05) is 30.3 Å². The molecule has 2 aromatic rings. The monoisotopic (exact) mass is 215 g/mol. The molecule has 1 unspecified atom stereocenters. The van der Waals surface area contributed by atoms with E-state index in [-0.39, 0.29) is 6.61 Å². The molecular formula is C14H17NO. The summed E-state index contributed by atoms with van der Waals surface area (Å²) in [5.41, 5.74) is 2.53. The molecule has 1 atom stereocenters. The van der Waals surface area contributed by atoms with Crippen molar-refractivity contribution < 1.29 is 5.11 Å². The Hall–Kier alpha value is -1.54. The smallest absolute Gasteiger partial charge is 0.0431 e. The van der Waals surface area contributed by atoms with Crippen LogP contribution in [0.4, 0.5) is 0 Å². The molecule has 0 radical (unpaired) electrons. The maximum absolute atomic E-state index is 8.95. The molecule has 84 valence electrons. The van der Waals surface area contributed by atoms with E-state index in [9.17, 15) is 0 Å². The highest BCUT2D eigenvalue weighted by Crippen LogP contribution is 2.27. The molecule has 2 N–H and O–H groups in total. The first-order chi connectivity index (χ1) is 7.92. The van der Waals surface area contributed by atoms with Crippen LogP contribution in [-0.2, 0) is 0 Å². The molecule has 0 bridgehead atoms. The fourth-order valence-corrected chi connectivity index (χ4v) is 2.04. The summed E-state index contributed by atoms with van der Waals surface area (Å²) >= 11 is 0. The third kappa shape index (κ3) is 2.52. The van der Waals surface area contributed by atoms with Gasteiger partial charge in [0.2, 0.25) is 0 Å². The van der Waals surface area contributed by atoms with Crippen LogP contribution in [0.1, 0.15) is 30.0 Å². The Morgan fingerprint density at radius 3 is 2.50 bits per heavy atom. The van der Waals surface area contributed by atoms with Crippen molar-refractivity contribution in [2.24, 2.45) is 0 Å². The van der Waals surface area contributed by atoms with Crippen LogP contribution in [0.15, 0.2) is 48.7 Å². The van der Waals surface area contributed by atoms with Crippen LogP contribution in [0.25, 0.3) is 0 Å². The molecule has 2 nitrogen and oxygen atoms in total. The van der Waals surface area contributed by atoms with E-state index in [1.165, 1.54) is 11.3 Å². The van der Waals surface area contributed by atoms with Gasteiger partial charge in [-0.2, -0.15) is 0 Å². The van der Waals surface area contributed by atoms with Gasteiger partial charge in [-0.15, -0.1) is 0 Å². The summed E-state index contributed by atoms with van der Waals surface area (Å²) in [4.78, 5) is 3.26. The molecule has 0 spiro atoms. The van der Waals surface area contributed by atoms with Crippen LogP contribution >= 0.6 is 0 Å². The number of aliphatic hydroxyl groups excluding tert-OH is 1. The number of benzene rings is 1. The molecule has 0 saturated carbocycles. The summed E-state index contributed by atoms with van der Waals surface area (Å²) in [5.74, 6) is 0.364. The van der Waals surface area contributed by atoms with Crippen molar-refractivity contribution in [2.75, 3.05) is 6.61 Å². The van der Waals surface area contributed by atoms with Crippen molar-refractivity contribution in [1.82, 2.24) is 4.98 Å². The lowest BCUT2D eigenvalue weighted by atomic mass is 9.91. The molecule has 1 aromatic carbocycles. The average molecular weight is 215 g/mol. The number of aromatic amines is 1. The first-order valence-electron chi connectivity index (χ1n) is 5.71. The Labute approximate surface area is 96.0 Å². The molecule has 0 aliphatic carbocycles. The Morgan fingerprint density at radius 1 is 1.06 bits per heavy atom. The van der Waals surface area contributed by atoms with Crippen molar-refractivity contribution in [3.63, 3.8) is 0 Å². The number of H-pyrrole nitrogens is 1. The second-order valence-electron chi connectivity index (χ2n) is 3.95. The number of aromatic nitrogens is 1. The Bertz CT molecular complexity index is 394. The average Bonchev–Trinajstić information content (AvgIpc) is 2.85. The van der Waals surface area contributed by atoms with Gasteiger partial charge in [0.05, 0.1) is 0 Å². The summed E-state index contributed by atoms with van der Waals surface area (Å²) in [7, 11) is 0. The highest BCUT2D eigenvalue weighted by Gasteiger charge is 2.13. The zero-order valence-electron chi connectivity index (χ0n) is 9.26. The van der Waals surface area contributed by atoms with E-state index in [1.54, 1.807) is 0 Å². The summed E-state index contributed by atoms with van der Waals surface area (Å²) in [6, 6.07) is 14.6. The largest absolute Gasteiger partial charge is 0.396 e. The van der Waals surface area contributed by atoms with E-state index in [1.807, 2.05) is 18.3 Å². The van der Waals surface area contributed by atoms with E-state index in [4.69, 9.17) is 5.11 Å². The van der Waals surface area contributed by atoms with Gasteiger partial charge in [0, 0.05) is 24.4 Å². The van der Waals surface area contributed by atoms with E-state index >= 15 is 0 Å². The van der Waals surface area contributed by atoms with Crippen molar-refractivity contribution in [3.8, 4) is 0 Å². The van der Waals surface area contributed by atoms with Crippen molar-refractivity contribution >= 4 is 0 Å². The molecule has 2 heteroatoms. The van der Waals surface area contributed by atoms with Gasteiger partial charge >= 0.3 is 0 Å². The predicted molar refractivity (Wildman–Crippen MR) is 65.4 cm³/mol. The van der Waals surface area contributed by atoms with Crippen molar-refractivity contribution in [2.45, 2.75) is 18.8 Å². The fourth-order valence-electron chi connectivity index (χ4n) is 2.04. The van der Waals surface area contributed by atoms with Gasteiger partial charge < -0.3 is 10.1 Å². The number of rotatable bonds is 5. The third-order valence-corrected chi connectivity index (χ3v) is 2.85. The maximum atomic E-state index is 8.95. The number of hydrogen-bond donors (Lipinski definition) is 2. The maximum Gasteiger partial charge on any atom is 0.0431 e. The molecule has 1 heterocycles. The lowest BCUT2D eigenvalue weighted by Gasteiger charge is -2.15. The highest BCUT2D eigenvalue weighted by atomic mass is 16.2. The molecule has 0 fully saturated rings. The molecule has 1 aromatic heterocycles. The number of aliphatic hydroxyl groups is 1. The van der Waals surface area contributed by atoms with Crippen molar-refractivity contribution in [3.05, 3.63) is 59.9 Å². The Kier molecular flexibility index (Phi) is 3.78. The van der Waals surface area contributed by atoms with E-state index in [2.05, 4.69) is 35.3 Å². The van der Waals surface area contributed by atoms with Crippen LogP contribution in [0.2, 0.25) is 0 Å². The zero-order chi connectivity index (χ0) is 11.2. The minimum atomic E-state index is 0.254. The van der Waals surface area contributed by atoms with Crippen LogP contribution < -0.4 is 0 Å². The predicted octanol–water partition coefficient (Wildman–Crippen LogP) is 2.92. The van der Waals surface area contributed by atoms with E-state index < -0.39 is 0 Å². The van der Waals surface area contributed by atoms with E-state index in [0.717, 1.165) is 12.8 Å². The van der Waals surface area contributed by atoms with Gasteiger partial charge in [0.25, 0.3) is 0 Å². The molecule has 0 amide bonds. The van der Waals surface area contributed by atoms with Gasteiger partial charge in [-0.05, 0) is 30.5 Å². The molecular weight excluding hydrogens is 198 g/mol. The lowest BCUT2D eigenvalue weighted by Crippen LogP contribution is -2.02. The standard InChI is InChI=1S/C14H17NO/c16-11-5-8-13(14-9-4-10-15-14)12-6-2-1-3-7-12/h1-4,6-7,9-10,13,15-16H,5,8,11H2. The number of hydrogen-bond acceptors (Lipinski definition) is 1. The lowest BCUT2D eigenvalue weighted by molar-refractivity contribution is 0.282. The van der Waals surface area contributed by atoms with Gasteiger partial charge in [0.1, 0.15) is 0 Å². The summed E-state index contributed by atoms with van der Waals surface area (Å²) in [6.07, 6.45) is 3.75. The highest BCUT2D eigenvalue weighted by molar-refractivity contribution is 5.28. The first kappa shape index (κ1) is 11.0. The van der Waals surface area contributed by atoms with Crippen LogP contribution in [0.5, 0.6) is 0 Å². The normalized spacial score (nSPS) is 12.6. The zero-order valence-corrected chi connectivity index (χ0v) is 9.26. The molecule has 16 heavy (non-hydrogen) atoms. The summed E-state index contributed by atoms with van der Waals surface area (Å²) in [5, 5.41) is 8.95. The van der Waals surface area contributed by atoms with Crippen LogP contribution in [-0.4, -0.2) is 16.7 Å².